The lowest BCUT2D eigenvalue weighted by atomic mass is 10.1. The number of benzene rings is 1. The summed E-state index contributed by atoms with van der Waals surface area (Å²) in [5.74, 6) is 2.03. The van der Waals surface area contributed by atoms with Gasteiger partial charge in [-0.3, -0.25) is 4.79 Å². The van der Waals surface area contributed by atoms with Crippen LogP contribution in [0, 0.1) is 0 Å². The molecule has 2 heterocycles. The Hall–Kier alpha value is -1.97. The highest BCUT2D eigenvalue weighted by molar-refractivity contribution is 5.76. The number of piperidine rings is 1. The van der Waals surface area contributed by atoms with Crippen molar-refractivity contribution in [2.24, 2.45) is 0 Å². The van der Waals surface area contributed by atoms with Gasteiger partial charge in [-0.25, -0.2) is 0 Å². The standard InChI is InChI=1S/C21H29NO3/c23-21(22-14-8-5-9-15-22)11-7-4-2-1-3-6-10-18-12-13-19-20(16-18)25-17-24-19/h6,10,12-13,16H,1-5,7-9,11,14-15,17H2/b10-6+. The molecule has 1 aromatic carbocycles. The number of ether oxygens (including phenoxy) is 2. The molecule has 0 spiro atoms. The minimum atomic E-state index is 0.322. The van der Waals surface area contributed by atoms with E-state index in [0.717, 1.165) is 55.8 Å². The van der Waals surface area contributed by atoms with Gasteiger partial charge < -0.3 is 14.4 Å². The van der Waals surface area contributed by atoms with E-state index in [9.17, 15) is 4.79 Å². The van der Waals surface area contributed by atoms with Crippen molar-refractivity contribution in [2.75, 3.05) is 19.9 Å². The first-order valence-corrected chi connectivity index (χ1v) is 9.67. The van der Waals surface area contributed by atoms with Crippen LogP contribution in [0.25, 0.3) is 6.08 Å². The number of amides is 1. The molecule has 0 aliphatic carbocycles. The highest BCUT2D eigenvalue weighted by atomic mass is 16.7. The zero-order valence-corrected chi connectivity index (χ0v) is 15.0. The third kappa shape index (κ3) is 5.52. The third-order valence-corrected chi connectivity index (χ3v) is 4.93. The summed E-state index contributed by atoms with van der Waals surface area (Å²) in [5, 5.41) is 0. The van der Waals surface area contributed by atoms with Crippen LogP contribution in [0.4, 0.5) is 0 Å². The molecule has 2 aliphatic rings. The predicted molar refractivity (Wildman–Crippen MR) is 99.7 cm³/mol. The van der Waals surface area contributed by atoms with E-state index >= 15 is 0 Å². The zero-order chi connectivity index (χ0) is 17.3. The van der Waals surface area contributed by atoms with Crippen molar-refractivity contribution >= 4 is 12.0 Å². The fourth-order valence-electron chi connectivity index (χ4n) is 3.43. The van der Waals surface area contributed by atoms with E-state index in [0.29, 0.717) is 12.7 Å². The number of hydrogen-bond acceptors (Lipinski definition) is 3. The minimum Gasteiger partial charge on any atom is -0.454 e. The second-order valence-electron chi connectivity index (χ2n) is 6.91. The summed E-state index contributed by atoms with van der Waals surface area (Å²) in [6, 6.07) is 6.03. The van der Waals surface area contributed by atoms with Gasteiger partial charge in [0.15, 0.2) is 11.5 Å². The van der Waals surface area contributed by atoms with Gasteiger partial charge in [0.1, 0.15) is 0 Å². The molecule has 0 saturated carbocycles. The Balaban J connectivity index is 1.24. The van der Waals surface area contributed by atoms with Crippen LogP contribution in [0.1, 0.15) is 63.4 Å². The highest BCUT2D eigenvalue weighted by Crippen LogP contribution is 2.32. The van der Waals surface area contributed by atoms with Gasteiger partial charge in [0.05, 0.1) is 0 Å². The summed E-state index contributed by atoms with van der Waals surface area (Å²) in [4.78, 5) is 14.1. The van der Waals surface area contributed by atoms with Crippen molar-refractivity contribution in [1.29, 1.82) is 0 Å². The highest BCUT2D eigenvalue weighted by Gasteiger charge is 2.15. The molecule has 25 heavy (non-hydrogen) atoms. The average molecular weight is 343 g/mol. The molecule has 136 valence electrons. The molecule has 0 N–H and O–H groups in total. The topological polar surface area (TPSA) is 38.8 Å². The third-order valence-electron chi connectivity index (χ3n) is 4.93. The van der Waals surface area contributed by atoms with Crippen LogP contribution >= 0.6 is 0 Å². The Bertz CT molecular complexity index is 591. The number of allylic oxidation sites excluding steroid dienone is 1. The molecular formula is C21H29NO3. The normalized spacial score (nSPS) is 16.6. The second-order valence-corrected chi connectivity index (χ2v) is 6.91. The number of unbranched alkanes of at least 4 members (excludes halogenated alkanes) is 4. The molecule has 1 saturated heterocycles. The van der Waals surface area contributed by atoms with Crippen LogP contribution in [-0.2, 0) is 4.79 Å². The number of carbonyl (C=O) groups excluding carboxylic acids is 1. The van der Waals surface area contributed by atoms with Gasteiger partial charge >= 0.3 is 0 Å². The molecule has 0 atom stereocenters. The second kappa shape index (κ2) is 9.50. The molecule has 3 rings (SSSR count). The molecule has 0 bridgehead atoms. The smallest absolute Gasteiger partial charge is 0.231 e. The Morgan fingerprint density at radius 2 is 1.80 bits per heavy atom. The Kier molecular flexibility index (Phi) is 6.78. The molecule has 1 fully saturated rings. The lowest BCUT2D eigenvalue weighted by Gasteiger charge is -2.26. The molecule has 0 unspecified atom stereocenters. The maximum atomic E-state index is 12.1. The van der Waals surface area contributed by atoms with Gasteiger partial charge in [-0.1, -0.05) is 31.1 Å². The molecule has 1 aromatic rings. The SMILES string of the molecule is O=C(CCCCCC/C=C/c1ccc2c(c1)OCO2)N1CCCCC1. The first kappa shape index (κ1) is 17.8. The van der Waals surface area contributed by atoms with Crippen molar-refractivity contribution in [3.8, 4) is 11.5 Å². The average Bonchev–Trinajstić information content (AvgIpc) is 3.12. The van der Waals surface area contributed by atoms with Crippen LogP contribution in [0.3, 0.4) is 0 Å². The van der Waals surface area contributed by atoms with Crippen molar-refractivity contribution in [3.05, 3.63) is 29.8 Å². The van der Waals surface area contributed by atoms with Gasteiger partial charge in [0.25, 0.3) is 0 Å². The molecule has 1 amide bonds. The van der Waals surface area contributed by atoms with Gasteiger partial charge in [-0.15, -0.1) is 0 Å². The lowest BCUT2D eigenvalue weighted by Crippen LogP contribution is -2.35. The minimum absolute atomic E-state index is 0.322. The lowest BCUT2D eigenvalue weighted by molar-refractivity contribution is -0.132. The summed E-state index contributed by atoms with van der Waals surface area (Å²) in [5.41, 5.74) is 1.15. The molecule has 0 radical (unpaired) electrons. The van der Waals surface area contributed by atoms with Crippen LogP contribution in [0.5, 0.6) is 11.5 Å². The molecule has 2 aliphatic heterocycles. The Morgan fingerprint density at radius 1 is 1.00 bits per heavy atom. The Morgan fingerprint density at radius 3 is 2.68 bits per heavy atom. The monoisotopic (exact) mass is 343 g/mol. The van der Waals surface area contributed by atoms with Gasteiger partial charge in [0, 0.05) is 19.5 Å². The van der Waals surface area contributed by atoms with Gasteiger partial charge in [-0.2, -0.15) is 0 Å². The van der Waals surface area contributed by atoms with Crippen molar-refractivity contribution in [3.63, 3.8) is 0 Å². The molecule has 0 aromatic heterocycles. The van der Waals surface area contributed by atoms with E-state index in [1.165, 1.54) is 32.1 Å². The van der Waals surface area contributed by atoms with Crippen molar-refractivity contribution in [2.45, 2.75) is 57.8 Å². The summed E-state index contributed by atoms with van der Waals surface area (Å²) in [7, 11) is 0. The number of carbonyl (C=O) groups is 1. The van der Waals surface area contributed by atoms with Crippen LogP contribution in [0.15, 0.2) is 24.3 Å². The summed E-state index contributed by atoms with van der Waals surface area (Å²) in [6.07, 6.45) is 14.4. The van der Waals surface area contributed by atoms with Crippen LogP contribution < -0.4 is 9.47 Å². The molecule has 4 heteroatoms. The maximum absolute atomic E-state index is 12.1. The predicted octanol–water partition coefficient (Wildman–Crippen LogP) is 4.78. The number of nitrogens with zero attached hydrogens (tertiary/aromatic N) is 1. The number of hydrogen-bond donors (Lipinski definition) is 0. The maximum Gasteiger partial charge on any atom is 0.231 e. The first-order chi connectivity index (χ1) is 12.3. The van der Waals surface area contributed by atoms with E-state index in [1.807, 2.05) is 12.1 Å². The van der Waals surface area contributed by atoms with Crippen molar-refractivity contribution in [1.82, 2.24) is 4.90 Å². The summed E-state index contributed by atoms with van der Waals surface area (Å²) >= 11 is 0. The summed E-state index contributed by atoms with van der Waals surface area (Å²) < 4.78 is 10.7. The molecular weight excluding hydrogens is 314 g/mol. The fourth-order valence-corrected chi connectivity index (χ4v) is 3.43. The number of fused-ring (bicyclic) bond motifs is 1. The zero-order valence-electron chi connectivity index (χ0n) is 15.0. The fraction of sp³-hybridized carbons (Fsp3) is 0.571. The molecule has 4 nitrogen and oxygen atoms in total. The first-order valence-electron chi connectivity index (χ1n) is 9.67. The van der Waals surface area contributed by atoms with E-state index in [-0.39, 0.29) is 0 Å². The van der Waals surface area contributed by atoms with E-state index in [4.69, 9.17) is 9.47 Å². The van der Waals surface area contributed by atoms with Crippen molar-refractivity contribution < 1.29 is 14.3 Å². The van der Waals surface area contributed by atoms with Gasteiger partial charge in [0.2, 0.25) is 12.7 Å². The van der Waals surface area contributed by atoms with E-state index < -0.39 is 0 Å². The Labute approximate surface area is 150 Å². The number of rotatable bonds is 8. The largest absolute Gasteiger partial charge is 0.454 e. The number of likely N-dealkylation sites (tertiary alicyclic amines) is 1. The van der Waals surface area contributed by atoms with E-state index in [2.05, 4.69) is 23.1 Å². The van der Waals surface area contributed by atoms with Gasteiger partial charge in [-0.05, 0) is 56.2 Å². The van der Waals surface area contributed by atoms with E-state index in [1.54, 1.807) is 0 Å². The summed E-state index contributed by atoms with van der Waals surface area (Å²) in [6.45, 7) is 2.27. The quantitative estimate of drug-likeness (QED) is 0.638. The van der Waals surface area contributed by atoms with Crippen LogP contribution in [0.2, 0.25) is 0 Å². The van der Waals surface area contributed by atoms with Crippen LogP contribution in [-0.4, -0.2) is 30.7 Å².